The van der Waals surface area contributed by atoms with Crippen LogP contribution in [-0.4, -0.2) is 36.9 Å². The van der Waals surface area contributed by atoms with Gasteiger partial charge in [0.25, 0.3) is 0 Å². The first-order chi connectivity index (χ1) is 9.65. The number of phenols is 1. The SMILES string of the molecule is N[C@H](Cc1ccc(O)cc1)C(=O)OCC1CCOCC1. The van der Waals surface area contributed by atoms with Crippen molar-refractivity contribution in [2.24, 2.45) is 11.7 Å². The molecule has 1 aromatic carbocycles. The van der Waals surface area contributed by atoms with E-state index < -0.39 is 6.04 Å². The minimum absolute atomic E-state index is 0.199. The van der Waals surface area contributed by atoms with Gasteiger partial charge in [-0.1, -0.05) is 12.1 Å². The summed E-state index contributed by atoms with van der Waals surface area (Å²) in [5, 5.41) is 9.20. The van der Waals surface area contributed by atoms with Crippen LogP contribution in [0.5, 0.6) is 5.75 Å². The molecule has 1 heterocycles. The number of carbonyl (C=O) groups excluding carboxylic acids is 1. The number of ether oxygens (including phenoxy) is 2. The van der Waals surface area contributed by atoms with Crippen molar-refractivity contribution in [1.82, 2.24) is 0 Å². The topological polar surface area (TPSA) is 81.8 Å². The first-order valence-corrected chi connectivity index (χ1v) is 6.93. The molecule has 5 nitrogen and oxygen atoms in total. The summed E-state index contributed by atoms with van der Waals surface area (Å²) < 4.78 is 10.5. The van der Waals surface area contributed by atoms with Crippen molar-refractivity contribution >= 4 is 5.97 Å². The molecule has 1 atom stereocenters. The van der Waals surface area contributed by atoms with Crippen molar-refractivity contribution < 1.29 is 19.4 Å². The minimum atomic E-state index is -0.667. The third-order valence-corrected chi connectivity index (χ3v) is 3.50. The quantitative estimate of drug-likeness (QED) is 0.792. The van der Waals surface area contributed by atoms with Crippen LogP contribution in [0, 0.1) is 5.92 Å². The monoisotopic (exact) mass is 279 g/mol. The van der Waals surface area contributed by atoms with E-state index in [0.29, 0.717) is 18.9 Å². The average molecular weight is 279 g/mol. The highest BCUT2D eigenvalue weighted by Crippen LogP contribution is 2.15. The Balaban J connectivity index is 1.75. The van der Waals surface area contributed by atoms with Gasteiger partial charge in [0.05, 0.1) is 6.61 Å². The Labute approximate surface area is 118 Å². The second-order valence-electron chi connectivity index (χ2n) is 5.16. The zero-order chi connectivity index (χ0) is 14.4. The van der Waals surface area contributed by atoms with Crippen molar-refractivity contribution in [3.63, 3.8) is 0 Å². The first-order valence-electron chi connectivity index (χ1n) is 6.93. The maximum atomic E-state index is 11.8. The second kappa shape index (κ2) is 7.26. The average Bonchev–Trinajstić information content (AvgIpc) is 2.48. The number of benzene rings is 1. The zero-order valence-corrected chi connectivity index (χ0v) is 11.5. The van der Waals surface area contributed by atoms with Crippen LogP contribution in [-0.2, 0) is 20.7 Å². The Bertz CT molecular complexity index is 426. The molecule has 0 bridgehead atoms. The minimum Gasteiger partial charge on any atom is -0.508 e. The molecule has 1 saturated heterocycles. The smallest absolute Gasteiger partial charge is 0.323 e. The summed E-state index contributed by atoms with van der Waals surface area (Å²) >= 11 is 0. The van der Waals surface area contributed by atoms with Gasteiger partial charge in [-0.25, -0.2) is 0 Å². The molecule has 2 rings (SSSR count). The molecule has 0 radical (unpaired) electrons. The first kappa shape index (κ1) is 14.8. The summed E-state index contributed by atoms with van der Waals surface area (Å²) in [5.74, 6) is 0.211. The van der Waals surface area contributed by atoms with Gasteiger partial charge in [0, 0.05) is 13.2 Å². The van der Waals surface area contributed by atoms with Crippen molar-refractivity contribution in [2.45, 2.75) is 25.3 Å². The summed E-state index contributed by atoms with van der Waals surface area (Å²) in [6, 6.07) is 5.99. The van der Waals surface area contributed by atoms with Crippen LogP contribution in [0.25, 0.3) is 0 Å². The van der Waals surface area contributed by atoms with Gasteiger partial charge in [0.2, 0.25) is 0 Å². The summed E-state index contributed by atoms with van der Waals surface area (Å²) in [6.45, 7) is 1.90. The van der Waals surface area contributed by atoms with Gasteiger partial charge in [-0.3, -0.25) is 4.79 Å². The van der Waals surface area contributed by atoms with Gasteiger partial charge in [0.15, 0.2) is 0 Å². The van der Waals surface area contributed by atoms with Crippen LogP contribution in [0.4, 0.5) is 0 Å². The number of hydrogen-bond acceptors (Lipinski definition) is 5. The molecule has 1 aromatic rings. The Hall–Kier alpha value is -1.59. The fraction of sp³-hybridized carbons (Fsp3) is 0.533. The zero-order valence-electron chi connectivity index (χ0n) is 11.5. The Morgan fingerprint density at radius 1 is 1.35 bits per heavy atom. The summed E-state index contributed by atoms with van der Waals surface area (Å²) in [4.78, 5) is 11.8. The molecule has 0 spiro atoms. The molecular weight excluding hydrogens is 258 g/mol. The predicted octanol–water partition coefficient (Wildman–Crippen LogP) is 1.23. The number of carbonyl (C=O) groups is 1. The number of hydrogen-bond donors (Lipinski definition) is 2. The highest BCUT2D eigenvalue weighted by atomic mass is 16.5. The van der Waals surface area contributed by atoms with E-state index in [-0.39, 0.29) is 11.7 Å². The molecule has 1 fully saturated rings. The Kier molecular flexibility index (Phi) is 5.38. The predicted molar refractivity (Wildman–Crippen MR) is 74.3 cm³/mol. The van der Waals surface area contributed by atoms with E-state index in [0.717, 1.165) is 31.6 Å². The van der Waals surface area contributed by atoms with Crippen LogP contribution in [0.15, 0.2) is 24.3 Å². The van der Waals surface area contributed by atoms with E-state index in [2.05, 4.69) is 0 Å². The molecule has 0 aliphatic carbocycles. The van der Waals surface area contributed by atoms with Crippen molar-refractivity contribution in [3.05, 3.63) is 29.8 Å². The van der Waals surface area contributed by atoms with Gasteiger partial charge in [-0.05, 0) is 42.9 Å². The molecule has 5 heteroatoms. The summed E-state index contributed by atoms with van der Waals surface area (Å²) in [6.07, 6.45) is 2.27. The van der Waals surface area contributed by atoms with E-state index in [1.807, 2.05) is 0 Å². The van der Waals surface area contributed by atoms with E-state index in [1.54, 1.807) is 24.3 Å². The van der Waals surface area contributed by atoms with E-state index in [4.69, 9.17) is 15.2 Å². The molecule has 1 aliphatic heterocycles. The maximum Gasteiger partial charge on any atom is 0.323 e. The molecule has 20 heavy (non-hydrogen) atoms. The Morgan fingerprint density at radius 3 is 2.65 bits per heavy atom. The van der Waals surface area contributed by atoms with E-state index >= 15 is 0 Å². The third-order valence-electron chi connectivity index (χ3n) is 3.50. The van der Waals surface area contributed by atoms with Gasteiger partial charge in [-0.2, -0.15) is 0 Å². The highest BCUT2D eigenvalue weighted by molar-refractivity contribution is 5.75. The Morgan fingerprint density at radius 2 is 2.00 bits per heavy atom. The number of rotatable bonds is 5. The number of esters is 1. The molecule has 0 unspecified atom stereocenters. The van der Waals surface area contributed by atoms with Crippen molar-refractivity contribution in [3.8, 4) is 5.75 Å². The van der Waals surface area contributed by atoms with Gasteiger partial charge in [0.1, 0.15) is 11.8 Å². The highest BCUT2D eigenvalue weighted by Gasteiger charge is 2.19. The molecule has 0 amide bonds. The molecule has 3 N–H and O–H groups in total. The van der Waals surface area contributed by atoms with Crippen LogP contribution >= 0.6 is 0 Å². The van der Waals surface area contributed by atoms with Crippen molar-refractivity contribution in [2.75, 3.05) is 19.8 Å². The second-order valence-corrected chi connectivity index (χ2v) is 5.16. The molecule has 110 valence electrons. The fourth-order valence-corrected chi connectivity index (χ4v) is 2.19. The number of aromatic hydroxyl groups is 1. The lowest BCUT2D eigenvalue weighted by Crippen LogP contribution is -2.35. The summed E-state index contributed by atoms with van der Waals surface area (Å²) in [5.41, 5.74) is 6.74. The van der Waals surface area contributed by atoms with Crippen LogP contribution < -0.4 is 5.73 Å². The number of nitrogens with two attached hydrogens (primary N) is 1. The number of phenolic OH excluding ortho intramolecular Hbond substituents is 1. The lowest BCUT2D eigenvalue weighted by Gasteiger charge is -2.22. The van der Waals surface area contributed by atoms with Crippen LogP contribution in [0.3, 0.4) is 0 Å². The van der Waals surface area contributed by atoms with Gasteiger partial charge < -0.3 is 20.3 Å². The fourth-order valence-electron chi connectivity index (χ4n) is 2.19. The largest absolute Gasteiger partial charge is 0.508 e. The molecule has 0 saturated carbocycles. The van der Waals surface area contributed by atoms with Crippen LogP contribution in [0.2, 0.25) is 0 Å². The standard InChI is InChI=1S/C15H21NO4/c16-14(9-11-1-3-13(17)4-2-11)15(18)20-10-12-5-7-19-8-6-12/h1-4,12,14,17H,5-10,16H2/t14-/m1/s1. The van der Waals surface area contributed by atoms with Gasteiger partial charge >= 0.3 is 5.97 Å². The van der Waals surface area contributed by atoms with E-state index in [9.17, 15) is 9.90 Å². The third kappa shape index (κ3) is 4.51. The van der Waals surface area contributed by atoms with Crippen LogP contribution in [0.1, 0.15) is 18.4 Å². The van der Waals surface area contributed by atoms with E-state index in [1.165, 1.54) is 0 Å². The molecular formula is C15H21NO4. The maximum absolute atomic E-state index is 11.8. The lowest BCUT2D eigenvalue weighted by molar-refractivity contribution is -0.147. The summed E-state index contributed by atoms with van der Waals surface area (Å²) in [7, 11) is 0. The van der Waals surface area contributed by atoms with Crippen molar-refractivity contribution in [1.29, 1.82) is 0 Å². The lowest BCUT2D eigenvalue weighted by atomic mass is 10.0. The molecule has 0 aromatic heterocycles. The van der Waals surface area contributed by atoms with Gasteiger partial charge in [-0.15, -0.1) is 0 Å². The normalized spacial score (nSPS) is 17.6. The molecule has 1 aliphatic rings.